The molecule has 2 aliphatic rings. The van der Waals surface area contributed by atoms with Gasteiger partial charge >= 0.3 is 0 Å². The number of nitrogens with one attached hydrogen (secondary N) is 1. The summed E-state index contributed by atoms with van der Waals surface area (Å²) in [5.74, 6) is 0.969. The van der Waals surface area contributed by atoms with Crippen molar-refractivity contribution < 1.29 is 14.3 Å². The van der Waals surface area contributed by atoms with E-state index in [2.05, 4.69) is 10.3 Å². The zero-order valence-electron chi connectivity index (χ0n) is 16.0. The van der Waals surface area contributed by atoms with Crippen molar-refractivity contribution in [2.75, 3.05) is 45.2 Å². The minimum Gasteiger partial charge on any atom is -0.365 e. The van der Waals surface area contributed by atoms with Crippen LogP contribution in [-0.2, 0) is 16.0 Å². The molecule has 1 atom stereocenters. The number of carbonyl (C=O) groups excluding carboxylic acids is 2. The summed E-state index contributed by atoms with van der Waals surface area (Å²) < 4.78 is 5.68. The van der Waals surface area contributed by atoms with Crippen molar-refractivity contribution in [3.8, 4) is 11.4 Å². The number of amides is 2. The number of likely N-dealkylation sites (N-methyl/N-ethyl adjacent to an activating group) is 1. The second kappa shape index (κ2) is 7.55. The molecule has 1 fully saturated rings. The van der Waals surface area contributed by atoms with Crippen LogP contribution in [0.25, 0.3) is 11.4 Å². The molecule has 0 spiro atoms. The van der Waals surface area contributed by atoms with Crippen LogP contribution in [0.4, 0.5) is 5.82 Å². The summed E-state index contributed by atoms with van der Waals surface area (Å²) in [6.45, 7) is 1.99. The van der Waals surface area contributed by atoms with Gasteiger partial charge in [-0.1, -0.05) is 30.3 Å². The third-order valence-electron chi connectivity index (χ3n) is 4.98. The molecule has 0 aliphatic carbocycles. The van der Waals surface area contributed by atoms with Crippen molar-refractivity contribution in [1.29, 1.82) is 0 Å². The van der Waals surface area contributed by atoms with E-state index < -0.39 is 6.10 Å². The minimum atomic E-state index is -0.549. The van der Waals surface area contributed by atoms with Crippen LogP contribution in [0.3, 0.4) is 0 Å². The number of anilines is 1. The number of nitrogens with zero attached hydrogens (tertiary/aromatic N) is 4. The van der Waals surface area contributed by atoms with Gasteiger partial charge in [-0.2, -0.15) is 0 Å². The molecule has 8 heteroatoms. The van der Waals surface area contributed by atoms with Gasteiger partial charge in [0.25, 0.3) is 11.8 Å². The van der Waals surface area contributed by atoms with E-state index >= 15 is 0 Å². The highest BCUT2D eigenvalue weighted by molar-refractivity contribution is 5.96. The molecule has 3 heterocycles. The van der Waals surface area contributed by atoms with Crippen molar-refractivity contribution in [3.63, 3.8) is 0 Å². The van der Waals surface area contributed by atoms with Crippen molar-refractivity contribution in [1.82, 2.24) is 20.2 Å². The maximum absolute atomic E-state index is 12.5. The average molecular weight is 381 g/mol. The highest BCUT2D eigenvalue weighted by atomic mass is 16.5. The Hall–Kier alpha value is -3.00. The first-order valence-electron chi connectivity index (χ1n) is 9.37. The topological polar surface area (TPSA) is 87.7 Å². The van der Waals surface area contributed by atoms with Crippen LogP contribution in [-0.4, -0.2) is 73.1 Å². The van der Waals surface area contributed by atoms with Crippen LogP contribution >= 0.6 is 0 Å². The molecule has 1 saturated heterocycles. The summed E-state index contributed by atoms with van der Waals surface area (Å²) >= 11 is 0. The fourth-order valence-corrected chi connectivity index (χ4v) is 3.53. The number of fused-ring (bicyclic) bond motifs is 1. The predicted molar refractivity (Wildman–Crippen MR) is 104 cm³/mol. The largest absolute Gasteiger partial charge is 0.365 e. The van der Waals surface area contributed by atoms with Crippen LogP contribution in [0.5, 0.6) is 0 Å². The van der Waals surface area contributed by atoms with Crippen molar-refractivity contribution >= 4 is 17.6 Å². The fraction of sp³-hybridized carbons (Fsp3) is 0.400. The first-order chi connectivity index (χ1) is 13.5. The summed E-state index contributed by atoms with van der Waals surface area (Å²) in [6, 6.07) is 9.60. The van der Waals surface area contributed by atoms with Crippen molar-refractivity contribution in [2.45, 2.75) is 12.5 Å². The minimum absolute atomic E-state index is 0.0753. The van der Waals surface area contributed by atoms with Gasteiger partial charge in [0.15, 0.2) is 11.9 Å². The second-order valence-corrected chi connectivity index (χ2v) is 7.11. The Labute approximate surface area is 163 Å². The monoisotopic (exact) mass is 381 g/mol. The Morgan fingerprint density at radius 2 is 2.04 bits per heavy atom. The number of carbonyl (C=O) groups is 2. The number of hydrogen-bond acceptors (Lipinski definition) is 6. The number of morpholine rings is 1. The summed E-state index contributed by atoms with van der Waals surface area (Å²) in [6.07, 6.45) is 0.113. The number of rotatable bonds is 3. The first-order valence-corrected chi connectivity index (χ1v) is 9.37. The fourth-order valence-electron chi connectivity index (χ4n) is 3.53. The van der Waals surface area contributed by atoms with Crippen LogP contribution in [0.2, 0.25) is 0 Å². The average Bonchev–Trinajstić information content (AvgIpc) is 2.73. The smallest absolute Gasteiger partial charge is 0.270 e. The van der Waals surface area contributed by atoms with E-state index in [1.54, 1.807) is 14.1 Å². The molecule has 2 aliphatic heterocycles. The predicted octanol–water partition coefficient (Wildman–Crippen LogP) is 0.723. The van der Waals surface area contributed by atoms with E-state index in [1.165, 1.54) is 4.90 Å². The van der Waals surface area contributed by atoms with Gasteiger partial charge in [-0.15, -0.1) is 0 Å². The molecule has 1 aromatic heterocycles. The molecular formula is C20H23N5O3. The maximum atomic E-state index is 12.5. The molecule has 8 nitrogen and oxygen atoms in total. The Morgan fingerprint density at radius 1 is 1.25 bits per heavy atom. The summed E-state index contributed by atoms with van der Waals surface area (Å²) in [5.41, 5.74) is 2.09. The SMILES string of the molecule is CN(C)C(=O)C1CN(c2nc(-c3ccccc3)nc3c2CCNC3=O)CCO1. The van der Waals surface area contributed by atoms with E-state index in [1.807, 2.05) is 35.2 Å². The van der Waals surface area contributed by atoms with E-state index in [0.717, 1.165) is 16.9 Å². The molecular weight excluding hydrogens is 358 g/mol. The highest BCUT2D eigenvalue weighted by Crippen LogP contribution is 2.28. The number of hydrogen-bond donors (Lipinski definition) is 1. The van der Waals surface area contributed by atoms with E-state index in [9.17, 15) is 9.59 Å². The maximum Gasteiger partial charge on any atom is 0.270 e. The molecule has 0 saturated carbocycles. The molecule has 1 N–H and O–H groups in total. The summed E-state index contributed by atoms with van der Waals surface area (Å²) in [5, 5.41) is 2.86. The zero-order chi connectivity index (χ0) is 19.7. The number of benzene rings is 1. The Kier molecular flexibility index (Phi) is 4.95. The molecule has 0 radical (unpaired) electrons. The number of ether oxygens (including phenoxy) is 1. The van der Waals surface area contributed by atoms with Gasteiger partial charge in [-0.25, -0.2) is 9.97 Å². The molecule has 4 rings (SSSR count). The lowest BCUT2D eigenvalue weighted by Gasteiger charge is -2.35. The van der Waals surface area contributed by atoms with Crippen LogP contribution in [0.15, 0.2) is 30.3 Å². The molecule has 1 aromatic carbocycles. The lowest BCUT2D eigenvalue weighted by Crippen LogP contribution is -2.50. The lowest BCUT2D eigenvalue weighted by molar-refractivity contribution is -0.141. The van der Waals surface area contributed by atoms with Crippen LogP contribution < -0.4 is 10.2 Å². The van der Waals surface area contributed by atoms with Gasteiger partial charge in [0.1, 0.15) is 11.5 Å². The van der Waals surface area contributed by atoms with Gasteiger partial charge in [-0.05, 0) is 6.42 Å². The summed E-state index contributed by atoms with van der Waals surface area (Å²) in [4.78, 5) is 37.8. The molecule has 2 aromatic rings. The van der Waals surface area contributed by atoms with E-state index in [4.69, 9.17) is 9.72 Å². The first kappa shape index (κ1) is 18.4. The quantitative estimate of drug-likeness (QED) is 0.843. The summed E-state index contributed by atoms with van der Waals surface area (Å²) in [7, 11) is 3.43. The van der Waals surface area contributed by atoms with E-state index in [0.29, 0.717) is 44.2 Å². The Balaban J connectivity index is 1.76. The molecule has 1 unspecified atom stereocenters. The van der Waals surface area contributed by atoms with Crippen LogP contribution in [0.1, 0.15) is 16.1 Å². The van der Waals surface area contributed by atoms with Gasteiger partial charge in [0, 0.05) is 38.3 Å². The third-order valence-corrected chi connectivity index (χ3v) is 4.98. The van der Waals surface area contributed by atoms with Gasteiger partial charge < -0.3 is 19.9 Å². The zero-order valence-corrected chi connectivity index (χ0v) is 16.0. The van der Waals surface area contributed by atoms with Crippen LogP contribution in [0, 0.1) is 0 Å². The standard InChI is InChI=1S/C20H23N5O3/c1-24(2)20(27)15-12-25(10-11-28-15)18-14-8-9-21-19(26)16(14)22-17(23-18)13-6-4-3-5-7-13/h3-7,15H,8-12H2,1-2H3,(H,21,26). The second-order valence-electron chi connectivity index (χ2n) is 7.11. The Morgan fingerprint density at radius 3 is 2.79 bits per heavy atom. The highest BCUT2D eigenvalue weighted by Gasteiger charge is 2.32. The van der Waals surface area contributed by atoms with Gasteiger partial charge in [-0.3, -0.25) is 9.59 Å². The van der Waals surface area contributed by atoms with Crippen molar-refractivity contribution in [3.05, 3.63) is 41.6 Å². The molecule has 0 bridgehead atoms. The van der Waals surface area contributed by atoms with Gasteiger partial charge in [0.2, 0.25) is 0 Å². The number of aromatic nitrogens is 2. The van der Waals surface area contributed by atoms with Gasteiger partial charge in [0.05, 0.1) is 13.2 Å². The lowest BCUT2D eigenvalue weighted by atomic mass is 10.0. The molecule has 28 heavy (non-hydrogen) atoms. The normalized spacial score (nSPS) is 19.0. The van der Waals surface area contributed by atoms with Crippen molar-refractivity contribution in [2.24, 2.45) is 0 Å². The molecule has 146 valence electrons. The Bertz CT molecular complexity index is 900. The van der Waals surface area contributed by atoms with E-state index in [-0.39, 0.29) is 11.8 Å². The third kappa shape index (κ3) is 3.43. The molecule has 2 amide bonds.